The molecule has 1 saturated heterocycles. The third-order valence-electron chi connectivity index (χ3n) is 6.96. The monoisotopic (exact) mass is 293 g/mol. The summed E-state index contributed by atoms with van der Waals surface area (Å²) in [5, 5.41) is 9.11. The lowest BCUT2D eigenvalue weighted by atomic mass is 9.92. The Morgan fingerprint density at radius 1 is 1.18 bits per heavy atom. The molecule has 1 heterocycles. The van der Waals surface area contributed by atoms with E-state index in [1.54, 1.807) is 0 Å². The highest BCUT2D eigenvalue weighted by Crippen LogP contribution is 3.05. The average Bonchev–Trinajstić information content (AvgIpc) is 2.99. The van der Waals surface area contributed by atoms with Crippen LogP contribution in [0.1, 0.15) is 6.42 Å². The van der Waals surface area contributed by atoms with Gasteiger partial charge in [0.1, 0.15) is 0 Å². The van der Waals surface area contributed by atoms with E-state index >= 15 is 0 Å². The molecular formula is C13H12BrNO2. The van der Waals surface area contributed by atoms with Gasteiger partial charge >= 0.3 is 0 Å². The smallest absolute Gasteiger partial charge is 0.187 e. The van der Waals surface area contributed by atoms with E-state index in [0.29, 0.717) is 17.3 Å². The van der Waals surface area contributed by atoms with Crippen molar-refractivity contribution in [2.75, 3.05) is 13.2 Å². The number of halogens is 1. The van der Waals surface area contributed by atoms with Crippen LogP contribution in [0.5, 0.6) is 0 Å². The fourth-order valence-electron chi connectivity index (χ4n) is 7.09. The van der Waals surface area contributed by atoms with Crippen molar-refractivity contribution in [3.63, 3.8) is 0 Å². The molecule has 2 bridgehead atoms. The molecule has 6 saturated carbocycles. The summed E-state index contributed by atoms with van der Waals surface area (Å²) in [6, 6.07) is 2.44. The van der Waals surface area contributed by atoms with Crippen molar-refractivity contribution in [2.24, 2.45) is 40.9 Å². The second-order valence-corrected chi connectivity index (χ2v) is 8.05. The fraction of sp³-hybridized carbons (Fsp3) is 0.923. The lowest BCUT2D eigenvalue weighted by Gasteiger charge is -2.37. The maximum Gasteiger partial charge on any atom is 0.187 e. The number of nitrogens with zero attached hydrogens (tertiary/aromatic N) is 1. The second kappa shape index (κ2) is 2.01. The van der Waals surface area contributed by atoms with Crippen molar-refractivity contribution >= 4 is 15.9 Å². The first-order chi connectivity index (χ1) is 8.25. The Hall–Kier alpha value is -0.110. The lowest BCUT2D eigenvalue weighted by Crippen LogP contribution is -2.50. The predicted octanol–water partition coefficient (Wildman–Crippen LogP) is 1.53. The highest BCUT2D eigenvalue weighted by atomic mass is 79.9. The normalized spacial score (nSPS) is 73.2. The van der Waals surface area contributed by atoms with Gasteiger partial charge in [0.2, 0.25) is 0 Å². The molecule has 0 radical (unpaired) electrons. The van der Waals surface area contributed by atoms with Crippen molar-refractivity contribution in [3.05, 3.63) is 0 Å². The first-order valence-electron chi connectivity index (χ1n) is 6.59. The van der Waals surface area contributed by atoms with Crippen LogP contribution in [0.3, 0.4) is 0 Å². The van der Waals surface area contributed by atoms with Gasteiger partial charge in [-0.15, -0.1) is 0 Å². The van der Waals surface area contributed by atoms with Crippen LogP contribution >= 0.6 is 15.9 Å². The Morgan fingerprint density at radius 2 is 1.94 bits per heavy atom. The number of alkyl halides is 1. The molecule has 17 heavy (non-hydrogen) atoms. The largest absolute Gasteiger partial charge is 0.346 e. The van der Waals surface area contributed by atoms with Gasteiger partial charge in [0, 0.05) is 12.3 Å². The summed E-state index contributed by atoms with van der Waals surface area (Å²) < 4.78 is 12.2. The molecule has 1 spiro atoms. The van der Waals surface area contributed by atoms with E-state index in [1.165, 1.54) is 0 Å². The Bertz CT molecular complexity index is 524. The molecule has 4 heteroatoms. The SMILES string of the molecule is N#CC[C@@]12[C@@H]3[C@H]4[C@@H]5[C@@H]1[C@H]2[C@@](Br)([C@H]43)C51OCCO1. The highest BCUT2D eigenvalue weighted by Gasteiger charge is 3.08. The molecule has 0 aromatic heterocycles. The summed E-state index contributed by atoms with van der Waals surface area (Å²) >= 11 is 4.05. The van der Waals surface area contributed by atoms with Crippen LogP contribution in [0.4, 0.5) is 0 Å². The Labute approximate surface area is 108 Å². The van der Waals surface area contributed by atoms with E-state index < -0.39 is 0 Å². The van der Waals surface area contributed by atoms with Crippen LogP contribution in [-0.4, -0.2) is 23.3 Å². The molecule has 0 aromatic carbocycles. The number of ether oxygens (including phenoxy) is 2. The molecule has 7 rings (SSSR count). The quantitative estimate of drug-likeness (QED) is 0.689. The molecule has 8 atom stereocenters. The lowest BCUT2D eigenvalue weighted by molar-refractivity contribution is -0.192. The molecule has 7 aliphatic rings. The maximum absolute atomic E-state index is 9.11. The Morgan fingerprint density at radius 3 is 2.47 bits per heavy atom. The van der Waals surface area contributed by atoms with Crippen LogP contribution < -0.4 is 0 Å². The van der Waals surface area contributed by atoms with Gasteiger partial charge in [-0.25, -0.2) is 0 Å². The molecule has 7 fully saturated rings. The molecule has 88 valence electrons. The molecule has 0 N–H and O–H groups in total. The summed E-state index contributed by atoms with van der Waals surface area (Å²) in [5.74, 6) is 4.05. The summed E-state index contributed by atoms with van der Waals surface area (Å²) in [7, 11) is 0. The Kier molecular flexibility index (Phi) is 1.05. The molecule has 0 unspecified atom stereocenters. The third kappa shape index (κ3) is 0.505. The first kappa shape index (κ1) is 8.90. The molecule has 0 amide bonds. The standard InChI is InChI=1S/C13H12BrNO2/c14-12-7-5-6(7)11(1-2-15)9(10(11)12)8(5)13(12)16-3-4-17-13/h5-10H,1,3-4H2/t5-,6-,7-,8-,9-,10-,11-,12+/m1/s1. The van der Waals surface area contributed by atoms with Gasteiger partial charge in [-0.2, -0.15) is 5.26 Å². The second-order valence-electron chi connectivity index (χ2n) is 6.74. The highest BCUT2D eigenvalue weighted by molar-refractivity contribution is 9.10. The number of rotatable bonds is 1. The van der Waals surface area contributed by atoms with Gasteiger partial charge in [-0.3, -0.25) is 0 Å². The van der Waals surface area contributed by atoms with Crippen molar-refractivity contribution in [2.45, 2.75) is 16.5 Å². The minimum atomic E-state index is -0.302. The van der Waals surface area contributed by atoms with Crippen LogP contribution in [0.2, 0.25) is 0 Å². The molecular weight excluding hydrogens is 282 g/mol. The van der Waals surface area contributed by atoms with Crippen molar-refractivity contribution in [3.8, 4) is 6.07 Å². The summed E-state index contributed by atoms with van der Waals surface area (Å²) in [6.45, 7) is 1.50. The van der Waals surface area contributed by atoms with Gasteiger partial charge < -0.3 is 9.47 Å². The van der Waals surface area contributed by atoms with Gasteiger partial charge in [-0.05, 0) is 35.0 Å². The van der Waals surface area contributed by atoms with Gasteiger partial charge in [-0.1, -0.05) is 15.9 Å². The van der Waals surface area contributed by atoms with Crippen LogP contribution in [0.15, 0.2) is 0 Å². The minimum absolute atomic E-state index is 0.0675. The molecule has 1 aliphatic heterocycles. The number of hydrogen-bond acceptors (Lipinski definition) is 3. The van der Waals surface area contributed by atoms with Crippen LogP contribution in [-0.2, 0) is 9.47 Å². The summed E-state index contributed by atoms with van der Waals surface area (Å²) in [4.78, 5) is 0. The van der Waals surface area contributed by atoms with E-state index in [2.05, 4.69) is 22.0 Å². The van der Waals surface area contributed by atoms with Crippen molar-refractivity contribution in [1.29, 1.82) is 5.26 Å². The minimum Gasteiger partial charge on any atom is -0.346 e. The van der Waals surface area contributed by atoms with E-state index in [9.17, 15) is 0 Å². The van der Waals surface area contributed by atoms with E-state index in [0.717, 1.165) is 43.3 Å². The summed E-state index contributed by atoms with van der Waals surface area (Å²) in [5.41, 5.74) is 0.374. The zero-order valence-corrected chi connectivity index (χ0v) is 10.8. The maximum atomic E-state index is 9.11. The van der Waals surface area contributed by atoms with E-state index in [-0.39, 0.29) is 10.1 Å². The first-order valence-corrected chi connectivity index (χ1v) is 7.38. The summed E-state index contributed by atoms with van der Waals surface area (Å²) in [6.07, 6.45) is 0.764. The molecule has 6 aliphatic carbocycles. The fourth-order valence-corrected chi connectivity index (χ4v) is 8.89. The van der Waals surface area contributed by atoms with Crippen LogP contribution in [0, 0.1) is 52.3 Å². The molecule has 0 aromatic rings. The molecule has 3 nitrogen and oxygen atoms in total. The zero-order valence-electron chi connectivity index (χ0n) is 9.23. The van der Waals surface area contributed by atoms with Crippen LogP contribution in [0.25, 0.3) is 0 Å². The van der Waals surface area contributed by atoms with Gasteiger partial charge in [0.05, 0.1) is 23.6 Å². The average molecular weight is 294 g/mol. The van der Waals surface area contributed by atoms with Crippen molar-refractivity contribution < 1.29 is 9.47 Å². The zero-order chi connectivity index (χ0) is 11.2. The number of hydrogen-bond donors (Lipinski definition) is 0. The number of nitriles is 1. The third-order valence-corrected chi connectivity index (χ3v) is 8.53. The topological polar surface area (TPSA) is 42.2 Å². The Balaban J connectivity index is 1.59. The van der Waals surface area contributed by atoms with Crippen molar-refractivity contribution in [1.82, 2.24) is 0 Å². The van der Waals surface area contributed by atoms with Gasteiger partial charge in [0.15, 0.2) is 5.79 Å². The van der Waals surface area contributed by atoms with E-state index in [1.807, 2.05) is 0 Å². The van der Waals surface area contributed by atoms with Gasteiger partial charge in [0.25, 0.3) is 0 Å². The van der Waals surface area contributed by atoms with E-state index in [4.69, 9.17) is 14.7 Å². The predicted molar refractivity (Wildman–Crippen MR) is 59.9 cm³/mol.